The number of carbonyl (C=O) groups is 1. The Morgan fingerprint density at radius 3 is 2.48 bits per heavy atom. The largest absolute Gasteiger partial charge is 0.496 e. The lowest BCUT2D eigenvalue weighted by Crippen LogP contribution is -2.20. The van der Waals surface area contributed by atoms with Crippen LogP contribution >= 0.6 is 0 Å². The number of pyridine rings is 1. The first-order valence-corrected chi connectivity index (χ1v) is 7.08. The minimum Gasteiger partial charge on any atom is -0.496 e. The Morgan fingerprint density at radius 1 is 1.09 bits per heavy atom. The van der Waals surface area contributed by atoms with E-state index in [1.54, 1.807) is 42.1 Å². The Labute approximate surface area is 132 Å². The number of benzene rings is 2. The number of carboxylic acid groups (broad SMARTS) is 1. The first-order chi connectivity index (χ1) is 11.1. The molecule has 0 amide bonds. The second kappa shape index (κ2) is 5.96. The first kappa shape index (κ1) is 14.8. The monoisotopic (exact) mass is 309 g/mol. The molecule has 0 saturated carbocycles. The van der Waals surface area contributed by atoms with Crippen molar-refractivity contribution < 1.29 is 14.6 Å². The van der Waals surface area contributed by atoms with Crippen molar-refractivity contribution in [1.29, 1.82) is 0 Å². The number of hydrogen-bond donors (Lipinski definition) is 1. The smallest absolute Gasteiger partial charge is 0.335 e. The molecule has 1 heterocycles. The molecule has 2 aromatic carbocycles. The van der Waals surface area contributed by atoms with Crippen molar-refractivity contribution in [2.75, 3.05) is 7.11 Å². The van der Waals surface area contributed by atoms with Crippen LogP contribution in [0.15, 0.2) is 59.5 Å². The van der Waals surface area contributed by atoms with Crippen LogP contribution in [-0.4, -0.2) is 22.8 Å². The maximum Gasteiger partial charge on any atom is 0.335 e. The molecule has 5 nitrogen and oxygen atoms in total. The zero-order valence-electron chi connectivity index (χ0n) is 12.5. The third kappa shape index (κ3) is 2.81. The van der Waals surface area contributed by atoms with Crippen LogP contribution in [0, 0.1) is 0 Å². The van der Waals surface area contributed by atoms with E-state index in [0.717, 1.165) is 10.9 Å². The molecule has 0 fully saturated rings. The van der Waals surface area contributed by atoms with Crippen LogP contribution in [0.4, 0.5) is 0 Å². The lowest BCUT2D eigenvalue weighted by molar-refractivity contribution is 0.0697. The van der Waals surface area contributed by atoms with E-state index in [0.29, 0.717) is 17.7 Å². The molecule has 5 heteroatoms. The van der Waals surface area contributed by atoms with Crippen LogP contribution < -0.4 is 10.3 Å². The molecule has 0 aliphatic heterocycles. The second-order valence-corrected chi connectivity index (χ2v) is 5.17. The van der Waals surface area contributed by atoms with Gasteiger partial charge in [-0.15, -0.1) is 0 Å². The van der Waals surface area contributed by atoms with Gasteiger partial charge >= 0.3 is 5.97 Å². The number of hydrogen-bond acceptors (Lipinski definition) is 3. The number of ether oxygens (including phenoxy) is 1. The molecule has 0 aliphatic carbocycles. The Hall–Kier alpha value is -3.08. The van der Waals surface area contributed by atoms with Crippen molar-refractivity contribution in [3.05, 3.63) is 76.2 Å². The van der Waals surface area contributed by atoms with E-state index < -0.39 is 5.97 Å². The number of nitrogens with zero attached hydrogens (tertiary/aromatic N) is 1. The van der Waals surface area contributed by atoms with Gasteiger partial charge in [-0.05, 0) is 35.9 Å². The molecule has 1 N–H and O–H groups in total. The highest BCUT2D eigenvalue weighted by Gasteiger charge is 2.08. The highest BCUT2D eigenvalue weighted by Crippen LogP contribution is 2.22. The molecule has 3 aromatic rings. The number of aromatic nitrogens is 1. The predicted octanol–water partition coefficient (Wildman–Crippen LogP) is 2.76. The molecule has 0 atom stereocenters. The summed E-state index contributed by atoms with van der Waals surface area (Å²) in [6.07, 6.45) is 1.72. The topological polar surface area (TPSA) is 68.5 Å². The maximum atomic E-state index is 12.6. The molecule has 3 rings (SSSR count). The van der Waals surface area contributed by atoms with Gasteiger partial charge in [-0.25, -0.2) is 4.79 Å². The highest BCUT2D eigenvalue weighted by molar-refractivity contribution is 5.88. The van der Waals surface area contributed by atoms with Crippen LogP contribution in [0.1, 0.15) is 15.9 Å². The molecule has 23 heavy (non-hydrogen) atoms. The van der Waals surface area contributed by atoms with Crippen LogP contribution in [-0.2, 0) is 6.54 Å². The minimum absolute atomic E-state index is 0.108. The SMILES string of the molecule is COc1cccc2c(=O)n(Cc3ccc(C(=O)O)cc3)ccc12. The number of carboxylic acids is 1. The molecule has 0 spiro atoms. The fourth-order valence-electron chi connectivity index (χ4n) is 2.54. The van der Waals surface area contributed by atoms with Gasteiger partial charge < -0.3 is 14.4 Å². The van der Waals surface area contributed by atoms with Crippen LogP contribution in [0.3, 0.4) is 0 Å². The van der Waals surface area contributed by atoms with Crippen molar-refractivity contribution in [3.8, 4) is 5.75 Å². The molecular formula is C18H15NO4. The lowest BCUT2D eigenvalue weighted by atomic mass is 10.1. The van der Waals surface area contributed by atoms with E-state index >= 15 is 0 Å². The van der Waals surface area contributed by atoms with E-state index in [1.807, 2.05) is 12.1 Å². The van der Waals surface area contributed by atoms with Crippen molar-refractivity contribution in [1.82, 2.24) is 4.57 Å². The van der Waals surface area contributed by atoms with Gasteiger partial charge in [0, 0.05) is 11.6 Å². The zero-order chi connectivity index (χ0) is 16.4. The summed E-state index contributed by atoms with van der Waals surface area (Å²) in [6, 6.07) is 13.7. The fourth-order valence-corrected chi connectivity index (χ4v) is 2.54. The molecule has 0 saturated heterocycles. The van der Waals surface area contributed by atoms with Crippen molar-refractivity contribution in [2.45, 2.75) is 6.54 Å². The van der Waals surface area contributed by atoms with Gasteiger partial charge in [0.25, 0.3) is 5.56 Å². The van der Waals surface area contributed by atoms with Gasteiger partial charge in [-0.2, -0.15) is 0 Å². The number of rotatable bonds is 4. The summed E-state index contributed by atoms with van der Waals surface area (Å²) in [6.45, 7) is 0.381. The highest BCUT2D eigenvalue weighted by atomic mass is 16.5. The van der Waals surface area contributed by atoms with E-state index in [2.05, 4.69) is 0 Å². The summed E-state index contributed by atoms with van der Waals surface area (Å²) in [5.74, 6) is -0.302. The van der Waals surface area contributed by atoms with Crippen molar-refractivity contribution in [2.24, 2.45) is 0 Å². The lowest BCUT2D eigenvalue weighted by Gasteiger charge is -2.10. The fraction of sp³-hybridized carbons (Fsp3) is 0.111. The Kier molecular flexibility index (Phi) is 3.85. The van der Waals surface area contributed by atoms with Crippen molar-refractivity contribution in [3.63, 3.8) is 0 Å². The summed E-state index contributed by atoms with van der Waals surface area (Å²) < 4.78 is 6.87. The molecule has 116 valence electrons. The maximum absolute atomic E-state index is 12.6. The quantitative estimate of drug-likeness (QED) is 0.804. The van der Waals surface area contributed by atoms with Gasteiger partial charge in [0.1, 0.15) is 5.75 Å². The number of aromatic carboxylic acids is 1. The van der Waals surface area contributed by atoms with Crippen LogP contribution in [0.2, 0.25) is 0 Å². The number of fused-ring (bicyclic) bond motifs is 1. The average molecular weight is 309 g/mol. The predicted molar refractivity (Wildman–Crippen MR) is 87.3 cm³/mol. The molecular weight excluding hydrogens is 294 g/mol. The van der Waals surface area contributed by atoms with Crippen LogP contribution in [0.25, 0.3) is 10.8 Å². The molecule has 0 aliphatic rings. The Balaban J connectivity index is 1.99. The molecule has 0 unspecified atom stereocenters. The van der Waals surface area contributed by atoms with E-state index in [1.165, 1.54) is 12.1 Å². The van der Waals surface area contributed by atoms with Crippen LogP contribution in [0.5, 0.6) is 5.75 Å². The average Bonchev–Trinajstić information content (AvgIpc) is 2.57. The van der Waals surface area contributed by atoms with Gasteiger partial charge in [-0.1, -0.05) is 18.2 Å². The Bertz CT molecular complexity index is 926. The van der Waals surface area contributed by atoms with E-state index in [4.69, 9.17) is 9.84 Å². The Morgan fingerprint density at radius 2 is 1.83 bits per heavy atom. The molecule has 0 bridgehead atoms. The third-order valence-electron chi connectivity index (χ3n) is 3.75. The second-order valence-electron chi connectivity index (χ2n) is 5.17. The van der Waals surface area contributed by atoms with Gasteiger partial charge in [0.2, 0.25) is 0 Å². The minimum atomic E-state index is -0.966. The summed E-state index contributed by atoms with van der Waals surface area (Å²) in [5, 5.41) is 10.3. The van der Waals surface area contributed by atoms with E-state index in [-0.39, 0.29) is 11.1 Å². The third-order valence-corrected chi connectivity index (χ3v) is 3.75. The zero-order valence-corrected chi connectivity index (χ0v) is 12.5. The number of methoxy groups -OCH3 is 1. The summed E-state index contributed by atoms with van der Waals surface area (Å²) in [5.41, 5.74) is 0.979. The van der Waals surface area contributed by atoms with Crippen molar-refractivity contribution >= 4 is 16.7 Å². The van der Waals surface area contributed by atoms with Gasteiger partial charge in [-0.3, -0.25) is 4.79 Å². The standard InChI is InChI=1S/C18H15NO4/c1-23-16-4-2-3-15-14(16)9-10-19(17(15)20)11-12-5-7-13(8-6-12)18(21)22/h2-10H,11H2,1H3,(H,21,22). The van der Waals surface area contributed by atoms with E-state index in [9.17, 15) is 9.59 Å². The van der Waals surface area contributed by atoms with Gasteiger partial charge in [0.15, 0.2) is 0 Å². The summed E-state index contributed by atoms with van der Waals surface area (Å²) in [4.78, 5) is 23.5. The molecule has 1 aromatic heterocycles. The first-order valence-electron chi connectivity index (χ1n) is 7.08. The summed E-state index contributed by atoms with van der Waals surface area (Å²) in [7, 11) is 1.57. The molecule has 0 radical (unpaired) electrons. The van der Waals surface area contributed by atoms with Gasteiger partial charge in [0.05, 0.1) is 24.6 Å². The normalized spacial score (nSPS) is 10.7. The summed E-state index contributed by atoms with van der Waals surface area (Å²) >= 11 is 0.